The topological polar surface area (TPSA) is 66.4 Å². The molecule has 6 heteroatoms. The normalized spacial score (nSPS) is 10.3. The summed E-state index contributed by atoms with van der Waals surface area (Å²) in [6.45, 7) is 1.39. The van der Waals surface area contributed by atoms with E-state index in [-0.39, 0.29) is 23.9 Å². The summed E-state index contributed by atoms with van der Waals surface area (Å²) in [6.07, 6.45) is 1.46. The molecule has 0 heterocycles. The van der Waals surface area contributed by atoms with Gasteiger partial charge in [0.15, 0.2) is 0 Å². The first kappa shape index (κ1) is 16.2. The Hall–Kier alpha value is -0.880. The fraction of sp³-hybridized carbons (Fsp3) is 0.385. The maximum absolute atomic E-state index is 11.7. The van der Waals surface area contributed by atoms with E-state index in [0.29, 0.717) is 22.1 Å². The first-order valence-corrected chi connectivity index (χ1v) is 7.72. The Kier molecular flexibility index (Phi) is 6.51. The van der Waals surface area contributed by atoms with Gasteiger partial charge in [-0.15, -0.1) is 0 Å². The largest absolute Gasteiger partial charge is 0.508 e. The molecule has 104 valence electrons. The number of Topliss-reactive ketones (excluding diaryl/α,β-unsaturated/α-hetero) is 1. The minimum atomic E-state index is -0.221. The Morgan fingerprint density at radius 2 is 2.05 bits per heavy atom. The minimum Gasteiger partial charge on any atom is -0.508 e. The van der Waals surface area contributed by atoms with Gasteiger partial charge in [-0.05, 0) is 28.4 Å². The standard InChI is InChI=1S/C13H15Br2NO3/c1-8(17)16-12-7-13(19)9(6-11(12)15)5-10(18)3-2-4-14/h6-7,19H,2-5H2,1H3,(H,16,17). The van der Waals surface area contributed by atoms with Crippen LogP contribution in [-0.2, 0) is 16.0 Å². The molecule has 0 aromatic heterocycles. The van der Waals surface area contributed by atoms with Crippen LogP contribution in [0.3, 0.4) is 0 Å². The first-order chi connectivity index (χ1) is 8.93. The Bertz CT molecular complexity index is 489. The zero-order valence-electron chi connectivity index (χ0n) is 10.5. The number of aromatic hydroxyl groups is 1. The highest BCUT2D eigenvalue weighted by atomic mass is 79.9. The van der Waals surface area contributed by atoms with E-state index in [4.69, 9.17) is 0 Å². The molecular weight excluding hydrogens is 378 g/mol. The number of anilines is 1. The van der Waals surface area contributed by atoms with E-state index in [9.17, 15) is 14.7 Å². The summed E-state index contributed by atoms with van der Waals surface area (Å²) < 4.78 is 0.642. The van der Waals surface area contributed by atoms with Crippen molar-refractivity contribution in [2.24, 2.45) is 0 Å². The van der Waals surface area contributed by atoms with Crippen molar-refractivity contribution in [2.45, 2.75) is 26.2 Å². The maximum atomic E-state index is 11.7. The second-order valence-corrected chi connectivity index (χ2v) is 5.80. The van der Waals surface area contributed by atoms with E-state index >= 15 is 0 Å². The summed E-state index contributed by atoms with van der Waals surface area (Å²) >= 11 is 6.58. The lowest BCUT2D eigenvalue weighted by molar-refractivity contribution is -0.118. The molecule has 2 N–H and O–H groups in total. The number of nitrogens with one attached hydrogen (secondary N) is 1. The lowest BCUT2D eigenvalue weighted by Crippen LogP contribution is -2.07. The molecule has 0 aliphatic rings. The Morgan fingerprint density at radius 1 is 1.37 bits per heavy atom. The average Bonchev–Trinajstić information content (AvgIpc) is 2.32. The SMILES string of the molecule is CC(=O)Nc1cc(O)c(CC(=O)CCCBr)cc1Br. The fourth-order valence-electron chi connectivity index (χ4n) is 1.59. The zero-order chi connectivity index (χ0) is 14.4. The van der Waals surface area contributed by atoms with Gasteiger partial charge in [0.05, 0.1) is 5.69 Å². The van der Waals surface area contributed by atoms with Gasteiger partial charge in [0, 0.05) is 41.2 Å². The Morgan fingerprint density at radius 3 is 2.63 bits per heavy atom. The van der Waals surface area contributed by atoms with Crippen LogP contribution < -0.4 is 5.32 Å². The molecule has 0 aliphatic heterocycles. The van der Waals surface area contributed by atoms with E-state index in [1.165, 1.54) is 13.0 Å². The van der Waals surface area contributed by atoms with Crippen molar-refractivity contribution in [3.05, 3.63) is 22.2 Å². The highest BCUT2D eigenvalue weighted by Gasteiger charge is 2.12. The van der Waals surface area contributed by atoms with Crippen molar-refractivity contribution in [1.29, 1.82) is 0 Å². The second kappa shape index (κ2) is 7.65. The van der Waals surface area contributed by atoms with Gasteiger partial charge in [-0.1, -0.05) is 15.9 Å². The van der Waals surface area contributed by atoms with Gasteiger partial charge >= 0.3 is 0 Å². The summed E-state index contributed by atoms with van der Waals surface area (Å²) in [5.41, 5.74) is 1.04. The molecular formula is C13H15Br2NO3. The van der Waals surface area contributed by atoms with Crippen LogP contribution in [0.1, 0.15) is 25.3 Å². The second-order valence-electron chi connectivity index (χ2n) is 4.15. The number of ketones is 1. The van der Waals surface area contributed by atoms with Crippen molar-refractivity contribution >= 4 is 49.2 Å². The van der Waals surface area contributed by atoms with Crippen LogP contribution >= 0.6 is 31.9 Å². The molecule has 0 saturated heterocycles. The highest BCUT2D eigenvalue weighted by Crippen LogP contribution is 2.31. The summed E-state index contributed by atoms with van der Waals surface area (Å²) in [6, 6.07) is 3.10. The Labute approximate surface area is 128 Å². The molecule has 0 atom stereocenters. The maximum Gasteiger partial charge on any atom is 0.221 e. The number of phenols is 1. The number of phenolic OH excluding ortho intramolecular Hbond substituents is 1. The molecule has 1 aromatic carbocycles. The van der Waals surface area contributed by atoms with Crippen molar-refractivity contribution in [1.82, 2.24) is 0 Å². The number of amides is 1. The lowest BCUT2D eigenvalue weighted by atomic mass is 10.0. The predicted molar refractivity (Wildman–Crippen MR) is 81.8 cm³/mol. The first-order valence-electron chi connectivity index (χ1n) is 5.80. The molecule has 1 aromatic rings. The number of carbonyl (C=O) groups is 2. The molecule has 0 spiro atoms. The molecule has 1 rings (SSSR count). The summed E-state index contributed by atoms with van der Waals surface area (Å²) in [5, 5.41) is 13.2. The van der Waals surface area contributed by atoms with Crippen LogP contribution in [0.15, 0.2) is 16.6 Å². The molecule has 0 unspecified atom stereocenters. The third kappa shape index (κ3) is 5.32. The van der Waals surface area contributed by atoms with Crippen LogP contribution in [0.25, 0.3) is 0 Å². The van der Waals surface area contributed by atoms with Crippen molar-refractivity contribution in [3.63, 3.8) is 0 Å². The smallest absolute Gasteiger partial charge is 0.221 e. The molecule has 0 radical (unpaired) electrons. The quantitative estimate of drug-likeness (QED) is 0.729. The highest BCUT2D eigenvalue weighted by molar-refractivity contribution is 9.10. The van der Waals surface area contributed by atoms with E-state index in [0.717, 1.165) is 11.8 Å². The summed E-state index contributed by atoms with van der Waals surface area (Å²) in [7, 11) is 0. The van der Waals surface area contributed by atoms with Gasteiger partial charge in [-0.3, -0.25) is 9.59 Å². The molecule has 1 amide bonds. The van der Waals surface area contributed by atoms with E-state index < -0.39 is 0 Å². The monoisotopic (exact) mass is 391 g/mol. The number of carbonyl (C=O) groups excluding carboxylic acids is 2. The van der Waals surface area contributed by atoms with Gasteiger partial charge in [0.2, 0.25) is 5.91 Å². The molecule has 4 nitrogen and oxygen atoms in total. The predicted octanol–water partition coefficient (Wildman–Crippen LogP) is 3.40. The van der Waals surface area contributed by atoms with Crippen molar-refractivity contribution in [3.8, 4) is 5.75 Å². The number of halogens is 2. The number of hydrogen-bond donors (Lipinski definition) is 2. The third-order valence-corrected chi connectivity index (χ3v) is 3.67. The molecule has 0 saturated carbocycles. The minimum absolute atomic E-state index is 0.0131. The molecule has 0 aliphatic carbocycles. The Balaban J connectivity index is 2.83. The van der Waals surface area contributed by atoms with Gasteiger partial charge in [-0.2, -0.15) is 0 Å². The molecule has 0 fully saturated rings. The van der Waals surface area contributed by atoms with Crippen LogP contribution in [0.2, 0.25) is 0 Å². The summed E-state index contributed by atoms with van der Waals surface area (Å²) in [4.78, 5) is 22.7. The molecule has 0 bridgehead atoms. The average molecular weight is 393 g/mol. The van der Waals surface area contributed by atoms with Crippen LogP contribution in [0.5, 0.6) is 5.75 Å². The summed E-state index contributed by atoms with van der Waals surface area (Å²) in [5.74, 6) is -0.130. The third-order valence-electron chi connectivity index (χ3n) is 2.46. The van der Waals surface area contributed by atoms with Gasteiger partial charge in [0.25, 0.3) is 0 Å². The van der Waals surface area contributed by atoms with Gasteiger partial charge < -0.3 is 10.4 Å². The number of rotatable bonds is 6. The van der Waals surface area contributed by atoms with Gasteiger partial charge in [-0.25, -0.2) is 0 Å². The van der Waals surface area contributed by atoms with Crippen molar-refractivity contribution in [2.75, 3.05) is 10.6 Å². The molecule has 19 heavy (non-hydrogen) atoms. The zero-order valence-corrected chi connectivity index (χ0v) is 13.7. The fourth-order valence-corrected chi connectivity index (χ4v) is 2.37. The van der Waals surface area contributed by atoms with Crippen LogP contribution in [0.4, 0.5) is 5.69 Å². The van der Waals surface area contributed by atoms with Crippen LogP contribution in [-0.4, -0.2) is 22.1 Å². The number of hydrogen-bond acceptors (Lipinski definition) is 3. The van der Waals surface area contributed by atoms with E-state index in [2.05, 4.69) is 37.2 Å². The van der Waals surface area contributed by atoms with E-state index in [1.54, 1.807) is 6.07 Å². The lowest BCUT2D eigenvalue weighted by Gasteiger charge is -2.10. The number of alkyl halides is 1. The van der Waals surface area contributed by atoms with Crippen molar-refractivity contribution < 1.29 is 14.7 Å². The van der Waals surface area contributed by atoms with E-state index in [1.807, 2.05) is 0 Å². The van der Waals surface area contributed by atoms with Crippen LogP contribution in [0, 0.1) is 0 Å². The van der Waals surface area contributed by atoms with Gasteiger partial charge in [0.1, 0.15) is 11.5 Å². The number of benzene rings is 1.